The molecule has 2 heterocycles. The van der Waals surface area contributed by atoms with Crippen molar-refractivity contribution in [3.8, 4) is 0 Å². The molecule has 1 fully saturated rings. The van der Waals surface area contributed by atoms with Gasteiger partial charge >= 0.3 is 0 Å². The SMILES string of the molecule is Cc1cc(S(=O)(=O)N2c3ccccc3NC(=O)[C@H]2CC(=O)NCC(=O)N2CCCCC2)c(C)cc1Cl. The van der Waals surface area contributed by atoms with Crippen molar-refractivity contribution < 1.29 is 22.8 Å². The van der Waals surface area contributed by atoms with E-state index in [1.165, 1.54) is 6.07 Å². The van der Waals surface area contributed by atoms with E-state index in [-0.39, 0.29) is 23.0 Å². The van der Waals surface area contributed by atoms with E-state index in [0.717, 1.165) is 23.6 Å². The summed E-state index contributed by atoms with van der Waals surface area (Å²) in [6.45, 7) is 4.43. The Labute approximate surface area is 215 Å². The molecule has 2 N–H and O–H groups in total. The Hall–Kier alpha value is -3.11. The number of piperidine rings is 1. The van der Waals surface area contributed by atoms with E-state index in [2.05, 4.69) is 10.6 Å². The first-order chi connectivity index (χ1) is 17.1. The number of benzene rings is 2. The maximum Gasteiger partial charge on any atom is 0.265 e. The number of aryl methyl sites for hydroxylation is 2. The number of sulfonamides is 1. The van der Waals surface area contributed by atoms with Crippen LogP contribution in [-0.4, -0.2) is 56.7 Å². The molecule has 1 atom stereocenters. The second-order valence-corrected chi connectivity index (χ2v) is 11.3. The summed E-state index contributed by atoms with van der Waals surface area (Å²) in [6, 6.07) is 8.21. The second kappa shape index (κ2) is 10.5. The van der Waals surface area contributed by atoms with E-state index in [4.69, 9.17) is 11.6 Å². The molecule has 0 saturated carbocycles. The summed E-state index contributed by atoms with van der Waals surface area (Å²) >= 11 is 6.18. The minimum atomic E-state index is -4.26. The lowest BCUT2D eigenvalue weighted by atomic mass is 10.1. The van der Waals surface area contributed by atoms with Crippen LogP contribution in [0.3, 0.4) is 0 Å². The van der Waals surface area contributed by atoms with Crippen LogP contribution < -0.4 is 14.9 Å². The van der Waals surface area contributed by atoms with Gasteiger partial charge in [0.05, 0.1) is 29.2 Å². The summed E-state index contributed by atoms with van der Waals surface area (Å²) in [5.41, 5.74) is 1.57. The lowest BCUT2D eigenvalue weighted by molar-refractivity contribution is -0.133. The van der Waals surface area contributed by atoms with Gasteiger partial charge in [-0.1, -0.05) is 23.7 Å². The fourth-order valence-electron chi connectivity index (χ4n) is 4.55. The van der Waals surface area contributed by atoms with E-state index >= 15 is 0 Å². The zero-order chi connectivity index (χ0) is 26.0. The summed E-state index contributed by atoms with van der Waals surface area (Å²) in [7, 11) is -4.26. The predicted molar refractivity (Wildman–Crippen MR) is 138 cm³/mol. The number of fused-ring (bicyclic) bond motifs is 1. The van der Waals surface area contributed by atoms with Crippen molar-refractivity contribution in [1.29, 1.82) is 0 Å². The van der Waals surface area contributed by atoms with Crippen molar-refractivity contribution in [2.24, 2.45) is 0 Å². The highest BCUT2D eigenvalue weighted by atomic mass is 35.5. The molecule has 0 unspecified atom stereocenters. The van der Waals surface area contributed by atoms with Gasteiger partial charge in [0.2, 0.25) is 17.7 Å². The number of nitrogens with one attached hydrogen (secondary N) is 2. The third-order valence-corrected chi connectivity index (χ3v) is 8.87. The number of anilines is 2. The summed E-state index contributed by atoms with van der Waals surface area (Å²) < 4.78 is 28.9. The molecule has 0 spiro atoms. The smallest absolute Gasteiger partial charge is 0.265 e. The minimum absolute atomic E-state index is 0.000382. The van der Waals surface area contributed by atoms with Gasteiger partial charge in [0.15, 0.2) is 0 Å². The molecule has 1 saturated heterocycles. The molecule has 9 nitrogen and oxygen atoms in total. The Morgan fingerprint density at radius 2 is 1.78 bits per heavy atom. The predicted octanol–water partition coefficient (Wildman–Crippen LogP) is 2.99. The van der Waals surface area contributed by atoms with Crippen LogP contribution in [0.25, 0.3) is 0 Å². The number of nitrogens with zero attached hydrogens (tertiary/aromatic N) is 2. The quantitative estimate of drug-likeness (QED) is 0.593. The highest BCUT2D eigenvalue weighted by molar-refractivity contribution is 7.93. The monoisotopic (exact) mass is 532 g/mol. The molecule has 11 heteroatoms. The van der Waals surface area contributed by atoms with E-state index in [0.29, 0.717) is 34.9 Å². The molecule has 2 aliphatic rings. The zero-order valence-electron chi connectivity index (χ0n) is 20.2. The molecule has 2 aliphatic heterocycles. The minimum Gasteiger partial charge on any atom is -0.347 e. The van der Waals surface area contributed by atoms with Crippen molar-refractivity contribution in [2.45, 2.75) is 50.5 Å². The fraction of sp³-hybridized carbons (Fsp3) is 0.400. The van der Waals surface area contributed by atoms with Gasteiger partial charge in [-0.3, -0.25) is 18.7 Å². The first-order valence-corrected chi connectivity index (χ1v) is 13.7. The van der Waals surface area contributed by atoms with Gasteiger partial charge in [-0.05, 0) is 68.5 Å². The lowest BCUT2D eigenvalue weighted by Crippen LogP contribution is -2.53. The van der Waals surface area contributed by atoms with E-state index in [1.807, 2.05) is 0 Å². The molecule has 0 bridgehead atoms. The molecular formula is C25H29ClN4O5S. The average molecular weight is 533 g/mol. The number of carbonyl (C=O) groups excluding carboxylic acids is 3. The molecule has 3 amide bonds. The van der Waals surface area contributed by atoms with Gasteiger partial charge in [-0.25, -0.2) is 8.42 Å². The van der Waals surface area contributed by atoms with Crippen molar-refractivity contribution in [1.82, 2.24) is 10.2 Å². The molecular weight excluding hydrogens is 504 g/mol. The normalized spacial score (nSPS) is 17.9. The zero-order valence-corrected chi connectivity index (χ0v) is 21.8. The second-order valence-electron chi connectivity index (χ2n) is 9.11. The van der Waals surface area contributed by atoms with Gasteiger partial charge in [0, 0.05) is 18.1 Å². The average Bonchev–Trinajstić information content (AvgIpc) is 2.85. The number of rotatable bonds is 6. The van der Waals surface area contributed by atoms with Crippen LogP contribution in [0.4, 0.5) is 11.4 Å². The number of amides is 3. The van der Waals surface area contributed by atoms with E-state index < -0.39 is 34.3 Å². The standard InChI is InChI=1S/C25H29ClN4O5S/c1-16-13-22(17(2)12-18(16)26)36(34,35)30-20-9-5-4-8-19(20)28-25(33)21(30)14-23(31)27-15-24(32)29-10-6-3-7-11-29/h4-5,8-9,12-13,21H,3,6-7,10-11,14-15H2,1-2H3,(H,27,31)(H,28,33)/t21-/m1/s1. The molecule has 0 aliphatic carbocycles. The van der Waals surface area contributed by atoms with Gasteiger partial charge in [0.25, 0.3) is 10.0 Å². The molecule has 0 radical (unpaired) electrons. The van der Waals surface area contributed by atoms with Crippen LogP contribution in [0.1, 0.15) is 36.8 Å². The van der Waals surface area contributed by atoms with Crippen molar-refractivity contribution in [3.05, 3.63) is 52.5 Å². The molecule has 192 valence electrons. The van der Waals surface area contributed by atoms with Crippen LogP contribution in [0.15, 0.2) is 41.3 Å². The fourth-order valence-corrected chi connectivity index (χ4v) is 6.70. The Balaban J connectivity index is 1.62. The maximum atomic E-state index is 14.0. The van der Waals surface area contributed by atoms with E-state index in [1.54, 1.807) is 49.1 Å². The topological polar surface area (TPSA) is 116 Å². The van der Waals surface area contributed by atoms with Crippen LogP contribution in [0.2, 0.25) is 5.02 Å². The molecule has 2 aromatic rings. The van der Waals surface area contributed by atoms with Crippen molar-refractivity contribution in [3.63, 3.8) is 0 Å². The molecule has 0 aromatic heterocycles. The number of hydrogen-bond donors (Lipinski definition) is 2. The lowest BCUT2D eigenvalue weighted by Gasteiger charge is -2.37. The van der Waals surface area contributed by atoms with Gasteiger partial charge in [0.1, 0.15) is 6.04 Å². The Bertz CT molecular complexity index is 1310. The Kier molecular flexibility index (Phi) is 7.56. The number of carbonyl (C=O) groups is 3. The highest BCUT2D eigenvalue weighted by Gasteiger charge is 2.42. The van der Waals surface area contributed by atoms with Gasteiger partial charge < -0.3 is 15.5 Å². The molecule has 36 heavy (non-hydrogen) atoms. The molecule has 2 aromatic carbocycles. The van der Waals surface area contributed by atoms with Crippen molar-refractivity contribution >= 4 is 50.7 Å². The maximum absolute atomic E-state index is 14.0. The summed E-state index contributed by atoms with van der Waals surface area (Å²) in [5.74, 6) is -1.42. The number of likely N-dealkylation sites (tertiary alicyclic amines) is 1. The first-order valence-electron chi connectivity index (χ1n) is 11.8. The van der Waals surface area contributed by atoms with E-state index in [9.17, 15) is 22.8 Å². The summed E-state index contributed by atoms with van der Waals surface area (Å²) in [5, 5.41) is 5.69. The van der Waals surface area contributed by atoms with Crippen LogP contribution >= 0.6 is 11.6 Å². The largest absolute Gasteiger partial charge is 0.347 e. The molecule has 4 rings (SSSR count). The van der Waals surface area contributed by atoms with Crippen LogP contribution in [0, 0.1) is 13.8 Å². The Morgan fingerprint density at radius 3 is 2.50 bits per heavy atom. The highest BCUT2D eigenvalue weighted by Crippen LogP contribution is 2.38. The number of para-hydroxylation sites is 2. The number of halogens is 1. The van der Waals surface area contributed by atoms with Crippen LogP contribution in [0.5, 0.6) is 0 Å². The summed E-state index contributed by atoms with van der Waals surface area (Å²) in [6.07, 6.45) is 2.49. The van der Waals surface area contributed by atoms with Crippen LogP contribution in [-0.2, 0) is 24.4 Å². The van der Waals surface area contributed by atoms with Gasteiger partial charge in [-0.15, -0.1) is 0 Å². The summed E-state index contributed by atoms with van der Waals surface area (Å²) in [4.78, 5) is 40.1. The third kappa shape index (κ3) is 5.19. The number of hydrogen-bond acceptors (Lipinski definition) is 5. The first kappa shape index (κ1) is 26.0. The van der Waals surface area contributed by atoms with Crippen molar-refractivity contribution in [2.75, 3.05) is 29.3 Å². The van der Waals surface area contributed by atoms with Gasteiger partial charge in [-0.2, -0.15) is 0 Å². The third-order valence-electron chi connectivity index (χ3n) is 6.50. The Morgan fingerprint density at radius 1 is 1.08 bits per heavy atom.